The summed E-state index contributed by atoms with van der Waals surface area (Å²) < 4.78 is 20.2. The third-order valence-electron chi connectivity index (χ3n) is 4.15. The minimum absolute atomic E-state index is 0.0987. The highest BCUT2D eigenvalue weighted by Crippen LogP contribution is 2.28. The van der Waals surface area contributed by atoms with Gasteiger partial charge in [-0.25, -0.2) is 4.98 Å². The van der Waals surface area contributed by atoms with Crippen molar-refractivity contribution in [3.63, 3.8) is 0 Å². The number of pyridine rings is 2. The first kappa shape index (κ1) is 17.3. The van der Waals surface area contributed by atoms with Gasteiger partial charge in [0, 0.05) is 23.6 Å². The van der Waals surface area contributed by atoms with Gasteiger partial charge in [-0.1, -0.05) is 30.3 Å². The number of halogens is 1. The summed E-state index contributed by atoms with van der Waals surface area (Å²) in [5, 5.41) is 8.25. The number of benzene rings is 1. The van der Waals surface area contributed by atoms with E-state index in [0.29, 0.717) is 25.6 Å². The Hall–Kier alpha value is -2.77. The van der Waals surface area contributed by atoms with Gasteiger partial charge in [-0.3, -0.25) is 10.1 Å². The van der Waals surface area contributed by atoms with E-state index in [1.807, 2.05) is 36.4 Å². The number of aromatic amines is 1. The average Bonchev–Trinajstić information content (AvgIpc) is 3.15. The van der Waals surface area contributed by atoms with Crippen molar-refractivity contribution in [3.8, 4) is 17.0 Å². The summed E-state index contributed by atoms with van der Waals surface area (Å²) in [4.78, 5) is 8.34. The van der Waals surface area contributed by atoms with Crippen LogP contribution in [0.2, 0.25) is 0 Å². The second kappa shape index (κ2) is 8.95. The van der Waals surface area contributed by atoms with Crippen molar-refractivity contribution in [1.29, 1.82) is 0 Å². The molecule has 4 aromatic rings. The molecule has 0 saturated carbocycles. The molecule has 0 spiro atoms. The van der Waals surface area contributed by atoms with E-state index in [2.05, 4.69) is 36.1 Å². The van der Waals surface area contributed by atoms with Gasteiger partial charge in [0.05, 0.1) is 39.1 Å². The molecule has 0 aliphatic heterocycles. The van der Waals surface area contributed by atoms with Gasteiger partial charge in [-0.05, 0) is 33.6 Å². The average molecular weight is 440 g/mol. The summed E-state index contributed by atoms with van der Waals surface area (Å²) in [5.74, 6) is 0.426. The standard InChI is InChI=1S/C21H19BrN4O2/c22-20-10-18-19(13-24-20)25-26-21(18)16-9-17(12-23-11-16)28-8-4-7-27-14-15-5-2-1-3-6-15/h1-3,5-6,9-13H,4,7-8,14H2,(H,25,26)/i12D. The lowest BCUT2D eigenvalue weighted by Crippen LogP contribution is -2.03. The van der Waals surface area contributed by atoms with Crippen molar-refractivity contribution in [2.24, 2.45) is 0 Å². The normalized spacial score (nSPS) is 11.5. The van der Waals surface area contributed by atoms with E-state index in [1.165, 1.54) is 0 Å². The Morgan fingerprint density at radius 3 is 2.89 bits per heavy atom. The first-order valence-corrected chi connectivity index (χ1v) is 9.71. The molecular formula is C21H19BrN4O2. The van der Waals surface area contributed by atoms with E-state index in [4.69, 9.17) is 10.8 Å². The largest absolute Gasteiger partial charge is 0.492 e. The molecule has 0 unspecified atom stereocenters. The first-order chi connectivity index (χ1) is 14.2. The van der Waals surface area contributed by atoms with E-state index in [0.717, 1.165) is 38.7 Å². The van der Waals surface area contributed by atoms with E-state index in [1.54, 1.807) is 18.5 Å². The van der Waals surface area contributed by atoms with Crippen LogP contribution in [0.3, 0.4) is 0 Å². The minimum Gasteiger partial charge on any atom is -0.492 e. The van der Waals surface area contributed by atoms with Crippen LogP contribution >= 0.6 is 15.9 Å². The monoisotopic (exact) mass is 439 g/mol. The lowest BCUT2D eigenvalue weighted by atomic mass is 10.1. The fourth-order valence-electron chi connectivity index (χ4n) is 2.80. The molecule has 6 nitrogen and oxygen atoms in total. The Kier molecular flexibility index (Phi) is 5.54. The number of fused-ring (bicyclic) bond motifs is 1. The van der Waals surface area contributed by atoms with Gasteiger partial charge >= 0.3 is 0 Å². The van der Waals surface area contributed by atoms with Gasteiger partial charge in [-0.15, -0.1) is 0 Å². The number of H-pyrrole nitrogens is 1. The minimum atomic E-state index is 0.0987. The highest BCUT2D eigenvalue weighted by molar-refractivity contribution is 9.10. The number of ether oxygens (including phenoxy) is 2. The maximum absolute atomic E-state index is 8.01. The number of hydrogen-bond acceptors (Lipinski definition) is 5. The molecule has 3 heterocycles. The zero-order valence-electron chi connectivity index (χ0n) is 16.1. The maximum atomic E-state index is 8.01. The molecule has 7 heteroatoms. The van der Waals surface area contributed by atoms with Crippen molar-refractivity contribution in [3.05, 3.63) is 71.2 Å². The van der Waals surface area contributed by atoms with E-state index in [-0.39, 0.29) is 6.17 Å². The molecule has 0 radical (unpaired) electrons. The van der Waals surface area contributed by atoms with Gasteiger partial charge in [-0.2, -0.15) is 5.10 Å². The highest BCUT2D eigenvalue weighted by atomic mass is 79.9. The second-order valence-electron chi connectivity index (χ2n) is 6.20. The zero-order valence-corrected chi connectivity index (χ0v) is 16.6. The molecule has 142 valence electrons. The van der Waals surface area contributed by atoms with Gasteiger partial charge in [0.2, 0.25) is 0 Å². The van der Waals surface area contributed by atoms with E-state index >= 15 is 0 Å². The molecule has 0 amide bonds. The van der Waals surface area contributed by atoms with Gasteiger partial charge in [0.15, 0.2) is 0 Å². The number of nitrogens with one attached hydrogen (secondary N) is 1. The molecule has 1 N–H and O–H groups in total. The van der Waals surface area contributed by atoms with Crippen molar-refractivity contribution in [1.82, 2.24) is 20.2 Å². The lowest BCUT2D eigenvalue weighted by molar-refractivity contribution is 0.107. The number of rotatable bonds is 8. The van der Waals surface area contributed by atoms with Crippen LogP contribution in [0.5, 0.6) is 5.75 Å². The predicted molar refractivity (Wildman–Crippen MR) is 111 cm³/mol. The Balaban J connectivity index is 1.36. The molecule has 0 saturated heterocycles. The fraction of sp³-hybridized carbons (Fsp3) is 0.190. The summed E-state index contributed by atoms with van der Waals surface area (Å²) in [6.07, 6.45) is 4.17. The molecule has 4 rings (SSSR count). The third kappa shape index (κ3) is 4.55. The Morgan fingerprint density at radius 2 is 2.00 bits per heavy atom. The van der Waals surface area contributed by atoms with Gasteiger partial charge in [0.25, 0.3) is 0 Å². The van der Waals surface area contributed by atoms with Crippen LogP contribution in [-0.4, -0.2) is 33.4 Å². The first-order valence-electron chi connectivity index (χ1n) is 9.42. The second-order valence-corrected chi connectivity index (χ2v) is 7.01. The zero-order chi connectivity index (χ0) is 20.1. The van der Waals surface area contributed by atoms with Gasteiger partial charge < -0.3 is 9.47 Å². The van der Waals surface area contributed by atoms with Crippen LogP contribution in [0.25, 0.3) is 22.2 Å². The molecule has 3 aromatic heterocycles. The van der Waals surface area contributed by atoms with Crippen molar-refractivity contribution in [2.75, 3.05) is 13.2 Å². The molecule has 28 heavy (non-hydrogen) atoms. The van der Waals surface area contributed by atoms with E-state index in [9.17, 15) is 0 Å². The summed E-state index contributed by atoms with van der Waals surface area (Å²) in [5.41, 5.74) is 3.50. The fourth-order valence-corrected chi connectivity index (χ4v) is 3.13. The van der Waals surface area contributed by atoms with Crippen molar-refractivity contribution >= 4 is 26.8 Å². The molecule has 0 fully saturated rings. The summed E-state index contributed by atoms with van der Waals surface area (Å²) in [6, 6.07) is 13.7. The summed E-state index contributed by atoms with van der Waals surface area (Å²) in [6.45, 7) is 1.61. The Labute approximate surface area is 172 Å². The number of hydrogen-bond donors (Lipinski definition) is 1. The Bertz CT molecular complexity index is 1100. The quantitative estimate of drug-likeness (QED) is 0.316. The molecule has 0 atom stereocenters. The van der Waals surface area contributed by atoms with Crippen LogP contribution in [0.4, 0.5) is 0 Å². The topological polar surface area (TPSA) is 72.9 Å². The van der Waals surface area contributed by atoms with Gasteiger partial charge in [0.1, 0.15) is 16.0 Å². The van der Waals surface area contributed by atoms with Crippen molar-refractivity contribution in [2.45, 2.75) is 13.0 Å². The predicted octanol–water partition coefficient (Wildman–Crippen LogP) is 4.77. The van der Waals surface area contributed by atoms with Crippen molar-refractivity contribution < 1.29 is 10.8 Å². The molecule has 0 aliphatic carbocycles. The van der Waals surface area contributed by atoms with Crippen LogP contribution in [0.15, 0.2) is 65.6 Å². The molecular weight excluding hydrogens is 420 g/mol. The van der Waals surface area contributed by atoms with Crippen LogP contribution in [-0.2, 0) is 11.3 Å². The Morgan fingerprint density at radius 1 is 1.11 bits per heavy atom. The smallest absolute Gasteiger partial charge is 0.138 e. The van der Waals surface area contributed by atoms with Crippen LogP contribution < -0.4 is 4.74 Å². The SMILES string of the molecule is [2H]c1ncc(-c2n[nH]c3cnc(Br)cc23)cc1OCCCOCc1ccccc1. The molecule has 0 aliphatic rings. The third-order valence-corrected chi connectivity index (χ3v) is 4.59. The van der Waals surface area contributed by atoms with Crippen LogP contribution in [0.1, 0.15) is 13.4 Å². The van der Waals surface area contributed by atoms with Crippen LogP contribution in [0, 0.1) is 0 Å². The summed E-state index contributed by atoms with van der Waals surface area (Å²) >= 11 is 3.38. The van der Waals surface area contributed by atoms with E-state index < -0.39 is 0 Å². The molecule has 1 aromatic carbocycles. The number of aromatic nitrogens is 4. The summed E-state index contributed by atoms with van der Waals surface area (Å²) in [7, 11) is 0. The lowest BCUT2D eigenvalue weighted by Gasteiger charge is -2.08. The molecule has 0 bridgehead atoms. The maximum Gasteiger partial charge on any atom is 0.138 e. The highest BCUT2D eigenvalue weighted by Gasteiger charge is 2.10. The number of nitrogens with zero attached hydrogens (tertiary/aromatic N) is 3.